The Morgan fingerprint density at radius 3 is 2.75 bits per heavy atom. The molecule has 0 aromatic carbocycles. The molecule has 2 amide bonds. The molecule has 3 aliphatic rings. The smallest absolute Gasteiger partial charge is 0.353 e. The number of carbonyl (C=O) groups is 3. The molecule has 2 aliphatic heterocycles. The van der Waals surface area contributed by atoms with Gasteiger partial charge in [-0.2, -0.15) is 9.36 Å². The number of carbonyl (C=O) groups excluding carboxylic acids is 2. The van der Waals surface area contributed by atoms with Gasteiger partial charge in [-0.05, 0) is 29.7 Å². The quantitative estimate of drug-likeness (QED) is 0.148. The largest absolute Gasteiger partial charge is 0.477 e. The third-order valence-corrected chi connectivity index (χ3v) is 8.49. The number of allylic oxidation sites excluding steroid dienone is 1. The summed E-state index contributed by atoms with van der Waals surface area (Å²) in [5.41, 5.74) is 11.8. The molecule has 0 spiro atoms. The van der Waals surface area contributed by atoms with E-state index in [4.69, 9.17) is 11.5 Å². The number of aliphatic carboxylic acids is 1. The molecule has 12 nitrogen and oxygen atoms in total. The molecule has 2 atom stereocenters. The average Bonchev–Trinajstić information content (AvgIpc) is 3.40. The van der Waals surface area contributed by atoms with Crippen LogP contribution in [0.2, 0.25) is 0 Å². The highest BCUT2D eigenvalue weighted by Gasteiger charge is 2.54. The molecular weight excluding hydrogens is 478 g/mol. The molecule has 4 rings (SSSR count). The summed E-state index contributed by atoms with van der Waals surface area (Å²) in [5, 5.41) is 23.9. The van der Waals surface area contributed by atoms with E-state index in [1.54, 1.807) is 0 Å². The van der Waals surface area contributed by atoms with Crippen molar-refractivity contribution in [3.8, 4) is 0 Å². The molecule has 0 radical (unpaired) electrons. The van der Waals surface area contributed by atoms with E-state index in [0.29, 0.717) is 17.2 Å². The minimum Gasteiger partial charge on any atom is -0.477 e. The standard InChI is InChI=1S/C17H19N7O5S3/c18-4-6-2-1-3-7(6)31-8-5-30-15-10(14(26)24(15)11(8)16(27)28)20-13(25)9(22-29)12-21-17(19)32-23-12/h10,15,29H,1-5,18H2,(H,20,25)(H,27,28)(H2,19,21,23)/b22-9-/t10?,15-/m1/s1. The lowest BCUT2D eigenvalue weighted by atomic mass is 10.0. The summed E-state index contributed by atoms with van der Waals surface area (Å²) in [7, 11) is 0. The first-order valence-electron chi connectivity index (χ1n) is 9.48. The van der Waals surface area contributed by atoms with Gasteiger partial charge in [-0.1, -0.05) is 16.9 Å². The Bertz CT molecular complexity index is 1080. The molecule has 0 bridgehead atoms. The van der Waals surface area contributed by atoms with Crippen molar-refractivity contribution in [1.29, 1.82) is 0 Å². The Labute approximate surface area is 194 Å². The van der Waals surface area contributed by atoms with Crippen LogP contribution in [0.4, 0.5) is 5.13 Å². The number of thioether (sulfide) groups is 2. The predicted octanol–water partition coefficient (Wildman–Crippen LogP) is 0.125. The van der Waals surface area contributed by atoms with Crippen LogP contribution in [0.25, 0.3) is 0 Å². The number of carboxylic acid groups (broad SMARTS) is 1. The number of nitrogens with zero attached hydrogens (tertiary/aromatic N) is 4. The topological polar surface area (TPSA) is 197 Å². The van der Waals surface area contributed by atoms with Crippen molar-refractivity contribution in [2.75, 3.05) is 18.0 Å². The number of amides is 2. The van der Waals surface area contributed by atoms with Crippen LogP contribution in [0, 0.1) is 0 Å². The number of β-lactam (4-membered cyclic amide) rings is 1. The van der Waals surface area contributed by atoms with Gasteiger partial charge in [-0.3, -0.25) is 14.5 Å². The lowest BCUT2D eigenvalue weighted by molar-refractivity contribution is -0.150. The van der Waals surface area contributed by atoms with Crippen LogP contribution in [0.15, 0.2) is 26.2 Å². The number of fused-ring (bicyclic) bond motifs is 1. The van der Waals surface area contributed by atoms with Crippen LogP contribution in [0.5, 0.6) is 0 Å². The molecule has 1 aliphatic carbocycles. The second kappa shape index (κ2) is 9.09. The van der Waals surface area contributed by atoms with Gasteiger partial charge in [0, 0.05) is 28.7 Å². The summed E-state index contributed by atoms with van der Waals surface area (Å²) in [6.45, 7) is 0.429. The highest BCUT2D eigenvalue weighted by molar-refractivity contribution is 8.09. The lowest BCUT2D eigenvalue weighted by Gasteiger charge is -2.49. The number of hydrogen-bond acceptors (Lipinski definition) is 12. The van der Waals surface area contributed by atoms with E-state index in [2.05, 4.69) is 19.8 Å². The second-order valence-electron chi connectivity index (χ2n) is 7.03. The Morgan fingerprint density at radius 2 is 2.12 bits per heavy atom. The number of oxime groups is 1. The van der Waals surface area contributed by atoms with Crippen LogP contribution in [-0.2, 0) is 14.4 Å². The van der Waals surface area contributed by atoms with E-state index in [1.807, 2.05) is 0 Å². The van der Waals surface area contributed by atoms with Crippen LogP contribution in [-0.4, -0.2) is 71.8 Å². The number of nitrogens with two attached hydrogens (primary N) is 2. The summed E-state index contributed by atoms with van der Waals surface area (Å²) < 4.78 is 3.82. The fraction of sp³-hybridized carbons (Fsp3) is 0.412. The molecular formula is C17H19N7O5S3. The van der Waals surface area contributed by atoms with Crippen LogP contribution < -0.4 is 16.8 Å². The number of anilines is 1. The van der Waals surface area contributed by atoms with Gasteiger partial charge in [0.25, 0.3) is 11.8 Å². The van der Waals surface area contributed by atoms with Gasteiger partial charge in [0.1, 0.15) is 17.1 Å². The van der Waals surface area contributed by atoms with E-state index >= 15 is 0 Å². The monoisotopic (exact) mass is 497 g/mol. The average molecular weight is 498 g/mol. The van der Waals surface area contributed by atoms with E-state index in [1.165, 1.54) is 28.4 Å². The first-order valence-corrected chi connectivity index (χ1v) is 12.1. The Kier molecular flexibility index (Phi) is 6.41. The zero-order valence-corrected chi connectivity index (χ0v) is 18.9. The molecule has 0 saturated carbocycles. The van der Waals surface area contributed by atoms with Crippen LogP contribution >= 0.6 is 35.1 Å². The molecule has 1 unspecified atom stereocenters. The van der Waals surface area contributed by atoms with Crippen molar-refractivity contribution < 1.29 is 24.7 Å². The lowest BCUT2D eigenvalue weighted by Crippen LogP contribution is -2.71. The number of aromatic nitrogens is 2. The SMILES string of the molecule is NCC1=C(SC2=C(C(=O)O)N3C(=O)C(NC(=O)/C(=N\O)c4nsc(N)n4)[C@H]3SC2)CCC1. The van der Waals surface area contributed by atoms with Crippen molar-refractivity contribution in [3.05, 3.63) is 26.9 Å². The Balaban J connectivity index is 1.52. The summed E-state index contributed by atoms with van der Waals surface area (Å²) in [4.78, 5) is 44.0. The Hall–Kier alpha value is -2.62. The maximum Gasteiger partial charge on any atom is 0.353 e. The first kappa shape index (κ1) is 22.6. The van der Waals surface area contributed by atoms with Crippen molar-refractivity contribution in [3.63, 3.8) is 0 Å². The summed E-state index contributed by atoms with van der Waals surface area (Å²) in [6.07, 6.45) is 2.72. The van der Waals surface area contributed by atoms with E-state index < -0.39 is 34.9 Å². The van der Waals surface area contributed by atoms with E-state index in [-0.39, 0.29) is 16.7 Å². The normalized spacial score (nSPS) is 23.3. The molecule has 1 aromatic heterocycles. The summed E-state index contributed by atoms with van der Waals surface area (Å²) in [6, 6.07) is -0.980. The number of carboxylic acids is 1. The predicted molar refractivity (Wildman–Crippen MR) is 120 cm³/mol. The highest BCUT2D eigenvalue weighted by Crippen LogP contribution is 2.47. The van der Waals surface area contributed by atoms with Crippen LogP contribution in [0.1, 0.15) is 25.1 Å². The first-order chi connectivity index (χ1) is 15.3. The van der Waals surface area contributed by atoms with E-state index in [9.17, 15) is 24.7 Å². The second-order valence-corrected chi connectivity index (χ2v) is 10.1. The molecule has 170 valence electrons. The maximum atomic E-state index is 12.8. The molecule has 15 heteroatoms. The third-order valence-electron chi connectivity index (χ3n) is 5.16. The minimum atomic E-state index is -1.21. The zero-order valence-electron chi connectivity index (χ0n) is 16.5. The molecule has 1 saturated heterocycles. The summed E-state index contributed by atoms with van der Waals surface area (Å²) >= 11 is 3.55. The van der Waals surface area contributed by atoms with Crippen molar-refractivity contribution in [2.24, 2.45) is 10.9 Å². The molecule has 1 aromatic rings. The van der Waals surface area contributed by atoms with Gasteiger partial charge in [0.2, 0.25) is 11.5 Å². The minimum absolute atomic E-state index is 0.0741. The maximum absolute atomic E-state index is 12.8. The molecule has 3 heterocycles. The molecule has 32 heavy (non-hydrogen) atoms. The van der Waals surface area contributed by atoms with Crippen molar-refractivity contribution in [1.82, 2.24) is 19.6 Å². The Morgan fingerprint density at radius 1 is 1.34 bits per heavy atom. The summed E-state index contributed by atoms with van der Waals surface area (Å²) in [5.74, 6) is -2.43. The van der Waals surface area contributed by atoms with Crippen molar-refractivity contribution >= 4 is 63.7 Å². The van der Waals surface area contributed by atoms with Gasteiger partial charge in [-0.25, -0.2) is 4.79 Å². The number of hydrogen-bond donors (Lipinski definition) is 5. The van der Waals surface area contributed by atoms with Gasteiger partial charge in [0.15, 0.2) is 5.13 Å². The zero-order chi connectivity index (χ0) is 23.0. The van der Waals surface area contributed by atoms with Gasteiger partial charge in [0.05, 0.1) is 0 Å². The number of nitrogen functional groups attached to an aromatic ring is 1. The fourth-order valence-electron chi connectivity index (χ4n) is 3.67. The van der Waals surface area contributed by atoms with Crippen LogP contribution in [0.3, 0.4) is 0 Å². The molecule has 7 N–H and O–H groups in total. The third kappa shape index (κ3) is 3.96. The van der Waals surface area contributed by atoms with Gasteiger partial charge in [-0.15, -0.1) is 11.8 Å². The fourth-order valence-corrected chi connectivity index (χ4v) is 6.89. The molecule has 1 fully saturated rings. The number of rotatable bonds is 7. The van der Waals surface area contributed by atoms with Crippen molar-refractivity contribution in [2.45, 2.75) is 30.7 Å². The van der Waals surface area contributed by atoms with Gasteiger partial charge < -0.3 is 27.1 Å². The van der Waals surface area contributed by atoms with Gasteiger partial charge >= 0.3 is 5.97 Å². The number of nitrogens with one attached hydrogen (secondary N) is 1. The highest BCUT2D eigenvalue weighted by atomic mass is 32.2. The van der Waals surface area contributed by atoms with E-state index in [0.717, 1.165) is 41.3 Å².